The van der Waals surface area contributed by atoms with E-state index >= 15 is 0 Å². The standard InChI is InChI=1S/C7H15O4P/c1-5-4-9-7(3,11-12-8)10-6(5)2/h5-6,8,12H,4H2,1-3H3. The molecule has 72 valence electrons. The Kier molecular flexibility index (Phi) is 3.44. The summed E-state index contributed by atoms with van der Waals surface area (Å²) in [7, 11) is -0.608. The van der Waals surface area contributed by atoms with Crippen molar-refractivity contribution in [1.82, 2.24) is 0 Å². The quantitative estimate of drug-likeness (QED) is 0.672. The lowest BCUT2D eigenvalue weighted by Crippen LogP contribution is -2.45. The van der Waals surface area contributed by atoms with E-state index in [9.17, 15) is 0 Å². The van der Waals surface area contributed by atoms with Crippen LogP contribution in [0.25, 0.3) is 0 Å². The van der Waals surface area contributed by atoms with Gasteiger partial charge < -0.3 is 14.4 Å². The first-order valence-corrected chi connectivity index (χ1v) is 4.82. The molecule has 0 aromatic carbocycles. The molecule has 0 saturated carbocycles. The van der Waals surface area contributed by atoms with Crippen LogP contribution in [-0.4, -0.2) is 23.6 Å². The Bertz CT molecular complexity index is 154. The van der Waals surface area contributed by atoms with Gasteiger partial charge in [-0.25, -0.2) is 0 Å². The lowest BCUT2D eigenvalue weighted by molar-refractivity contribution is -0.381. The molecule has 4 nitrogen and oxygen atoms in total. The summed E-state index contributed by atoms with van der Waals surface area (Å²) in [6.07, 6.45) is 0.0973. The first-order valence-electron chi connectivity index (χ1n) is 3.96. The van der Waals surface area contributed by atoms with E-state index in [-0.39, 0.29) is 6.10 Å². The molecule has 0 bridgehead atoms. The molecule has 4 atom stereocenters. The van der Waals surface area contributed by atoms with Gasteiger partial charge in [-0.15, -0.1) is 0 Å². The Morgan fingerprint density at radius 2 is 2.25 bits per heavy atom. The second-order valence-electron chi connectivity index (χ2n) is 3.17. The zero-order valence-electron chi connectivity index (χ0n) is 7.53. The van der Waals surface area contributed by atoms with Crippen LogP contribution in [0.4, 0.5) is 0 Å². The Morgan fingerprint density at radius 3 is 2.75 bits per heavy atom. The highest BCUT2D eigenvalue weighted by Gasteiger charge is 2.36. The second kappa shape index (κ2) is 3.99. The minimum Gasteiger partial charge on any atom is -0.352 e. The molecule has 0 aliphatic carbocycles. The van der Waals surface area contributed by atoms with Crippen molar-refractivity contribution in [2.24, 2.45) is 5.92 Å². The van der Waals surface area contributed by atoms with Crippen LogP contribution in [0, 0.1) is 5.92 Å². The summed E-state index contributed by atoms with van der Waals surface area (Å²) in [4.78, 5) is 8.58. The predicted octanol–water partition coefficient (Wildman–Crippen LogP) is 1.25. The molecule has 0 aromatic rings. The van der Waals surface area contributed by atoms with Gasteiger partial charge in [0.05, 0.1) is 12.7 Å². The lowest BCUT2D eigenvalue weighted by Gasteiger charge is -2.38. The van der Waals surface area contributed by atoms with Crippen LogP contribution < -0.4 is 0 Å². The molecule has 0 aromatic heterocycles. The lowest BCUT2D eigenvalue weighted by atomic mass is 10.1. The summed E-state index contributed by atoms with van der Waals surface area (Å²) >= 11 is 0. The van der Waals surface area contributed by atoms with Crippen molar-refractivity contribution >= 4 is 9.03 Å². The zero-order valence-corrected chi connectivity index (χ0v) is 8.53. The predicted molar refractivity (Wildman–Crippen MR) is 45.7 cm³/mol. The van der Waals surface area contributed by atoms with Crippen LogP contribution in [0.3, 0.4) is 0 Å². The largest absolute Gasteiger partial charge is 0.352 e. The molecular weight excluding hydrogens is 179 g/mol. The van der Waals surface area contributed by atoms with Crippen molar-refractivity contribution in [2.75, 3.05) is 6.61 Å². The van der Waals surface area contributed by atoms with Crippen molar-refractivity contribution in [3.05, 3.63) is 0 Å². The third kappa shape index (κ3) is 2.38. The van der Waals surface area contributed by atoms with Crippen LogP contribution in [0.15, 0.2) is 0 Å². The molecular formula is C7H15O4P. The molecule has 1 saturated heterocycles. The van der Waals surface area contributed by atoms with Gasteiger partial charge in [-0.2, -0.15) is 0 Å². The van der Waals surface area contributed by atoms with E-state index in [1.165, 1.54) is 0 Å². The minimum atomic E-state index is -1.06. The number of hydrogen-bond donors (Lipinski definition) is 1. The van der Waals surface area contributed by atoms with Gasteiger partial charge in [0.25, 0.3) is 5.97 Å². The summed E-state index contributed by atoms with van der Waals surface area (Å²) in [5.74, 6) is -0.692. The molecule has 1 heterocycles. The number of hydrogen-bond acceptors (Lipinski definition) is 4. The Balaban J connectivity index is 2.48. The van der Waals surface area contributed by atoms with Crippen LogP contribution >= 0.6 is 9.03 Å². The van der Waals surface area contributed by atoms with E-state index in [1.807, 2.05) is 13.8 Å². The Hall–Kier alpha value is 0.270. The maximum Gasteiger partial charge on any atom is 0.284 e. The van der Waals surface area contributed by atoms with E-state index in [0.717, 1.165) is 0 Å². The highest BCUT2D eigenvalue weighted by molar-refractivity contribution is 7.25. The topological polar surface area (TPSA) is 47.9 Å². The third-order valence-electron chi connectivity index (χ3n) is 2.04. The van der Waals surface area contributed by atoms with Gasteiger partial charge >= 0.3 is 0 Å². The van der Waals surface area contributed by atoms with Gasteiger partial charge in [0, 0.05) is 12.8 Å². The van der Waals surface area contributed by atoms with Gasteiger partial charge in [-0.1, -0.05) is 6.92 Å². The van der Waals surface area contributed by atoms with Gasteiger partial charge in [-0.3, -0.25) is 4.52 Å². The summed E-state index contributed by atoms with van der Waals surface area (Å²) in [5, 5.41) is 0. The van der Waals surface area contributed by atoms with Gasteiger partial charge in [0.15, 0.2) is 9.03 Å². The maximum atomic E-state index is 8.58. The SMILES string of the molecule is CC1COC(C)(OPO)OC1C. The maximum absolute atomic E-state index is 8.58. The molecule has 5 heteroatoms. The van der Waals surface area contributed by atoms with Crippen LogP contribution in [-0.2, 0) is 14.0 Å². The molecule has 0 amide bonds. The monoisotopic (exact) mass is 194 g/mol. The van der Waals surface area contributed by atoms with Crippen molar-refractivity contribution in [3.63, 3.8) is 0 Å². The van der Waals surface area contributed by atoms with Crippen molar-refractivity contribution in [3.8, 4) is 0 Å². The van der Waals surface area contributed by atoms with E-state index in [4.69, 9.17) is 18.9 Å². The number of ether oxygens (including phenoxy) is 2. The highest BCUT2D eigenvalue weighted by Crippen LogP contribution is 2.31. The molecule has 4 unspecified atom stereocenters. The molecule has 1 rings (SSSR count). The van der Waals surface area contributed by atoms with Gasteiger partial charge in [0.1, 0.15) is 0 Å². The molecule has 1 aliphatic heterocycles. The van der Waals surface area contributed by atoms with E-state index in [1.54, 1.807) is 6.92 Å². The molecule has 1 N–H and O–H groups in total. The molecule has 0 radical (unpaired) electrons. The van der Waals surface area contributed by atoms with Crippen LogP contribution in [0.2, 0.25) is 0 Å². The fraction of sp³-hybridized carbons (Fsp3) is 1.00. The average Bonchev–Trinajstić information content (AvgIpc) is 1.98. The zero-order chi connectivity index (χ0) is 9.19. The Labute approximate surface area is 74.1 Å². The Morgan fingerprint density at radius 1 is 1.58 bits per heavy atom. The van der Waals surface area contributed by atoms with Crippen LogP contribution in [0.1, 0.15) is 20.8 Å². The summed E-state index contributed by atoms with van der Waals surface area (Å²) < 4.78 is 15.6. The molecule has 0 spiro atoms. The third-order valence-corrected chi connectivity index (χ3v) is 2.50. The number of rotatable bonds is 2. The average molecular weight is 194 g/mol. The summed E-state index contributed by atoms with van der Waals surface area (Å²) in [6, 6.07) is 0. The van der Waals surface area contributed by atoms with Crippen molar-refractivity contribution < 1.29 is 18.9 Å². The van der Waals surface area contributed by atoms with Gasteiger partial charge in [-0.05, 0) is 6.92 Å². The smallest absolute Gasteiger partial charge is 0.284 e. The van der Waals surface area contributed by atoms with E-state index < -0.39 is 15.0 Å². The van der Waals surface area contributed by atoms with Crippen molar-refractivity contribution in [1.29, 1.82) is 0 Å². The van der Waals surface area contributed by atoms with Crippen molar-refractivity contribution in [2.45, 2.75) is 32.8 Å². The van der Waals surface area contributed by atoms with Crippen LogP contribution in [0.5, 0.6) is 0 Å². The summed E-state index contributed by atoms with van der Waals surface area (Å²) in [5.41, 5.74) is 0. The van der Waals surface area contributed by atoms with E-state index in [2.05, 4.69) is 0 Å². The first kappa shape index (κ1) is 10.4. The van der Waals surface area contributed by atoms with Gasteiger partial charge in [0.2, 0.25) is 0 Å². The summed E-state index contributed by atoms with van der Waals surface area (Å²) in [6.45, 7) is 6.28. The fourth-order valence-electron chi connectivity index (χ4n) is 1.04. The second-order valence-corrected chi connectivity index (χ2v) is 3.55. The first-order chi connectivity index (χ1) is 5.57. The highest BCUT2D eigenvalue weighted by atomic mass is 31.1. The molecule has 1 fully saturated rings. The minimum absolute atomic E-state index is 0.0973. The fourth-order valence-corrected chi connectivity index (χ4v) is 1.32. The molecule has 12 heavy (non-hydrogen) atoms. The normalized spacial score (nSPS) is 44.0. The molecule has 1 aliphatic rings. The van der Waals surface area contributed by atoms with E-state index in [0.29, 0.717) is 12.5 Å².